The summed E-state index contributed by atoms with van der Waals surface area (Å²) in [6.07, 6.45) is 5.50. The van der Waals surface area contributed by atoms with Crippen LogP contribution in [0.4, 0.5) is 4.39 Å². The average Bonchev–Trinajstić information content (AvgIpc) is 2.92. The summed E-state index contributed by atoms with van der Waals surface area (Å²) in [5, 5.41) is 3.36. The Morgan fingerprint density at radius 2 is 2.15 bits per heavy atom. The van der Waals surface area contributed by atoms with Gasteiger partial charge in [-0.1, -0.05) is 19.9 Å². The third-order valence-electron chi connectivity index (χ3n) is 3.46. The van der Waals surface area contributed by atoms with Gasteiger partial charge >= 0.3 is 0 Å². The molecule has 2 rings (SSSR count). The van der Waals surface area contributed by atoms with Gasteiger partial charge in [0, 0.05) is 30.4 Å². The van der Waals surface area contributed by atoms with Gasteiger partial charge in [-0.25, -0.2) is 9.37 Å². The summed E-state index contributed by atoms with van der Waals surface area (Å²) in [5.41, 5.74) is 1.57. The second-order valence-corrected chi connectivity index (χ2v) is 4.92. The molecule has 4 heteroatoms. The maximum Gasteiger partial charge on any atom is 0.130 e. The standard InChI is InChI=1S/C16H22FN3/c1-4-9-18-12(3)16-13(17)7-6-8-14(16)20-11-10-19-15(20)5-2/h6-8,10-12,18H,4-5,9H2,1-3H3. The summed E-state index contributed by atoms with van der Waals surface area (Å²) in [4.78, 5) is 4.32. The Balaban J connectivity index is 2.46. The summed E-state index contributed by atoms with van der Waals surface area (Å²) in [7, 11) is 0. The van der Waals surface area contributed by atoms with E-state index in [4.69, 9.17) is 0 Å². The van der Waals surface area contributed by atoms with E-state index in [0.717, 1.165) is 30.9 Å². The molecule has 0 spiro atoms. The Morgan fingerprint density at radius 1 is 1.35 bits per heavy atom. The van der Waals surface area contributed by atoms with Crippen molar-refractivity contribution in [1.29, 1.82) is 0 Å². The van der Waals surface area contributed by atoms with Gasteiger partial charge in [0.2, 0.25) is 0 Å². The van der Waals surface area contributed by atoms with E-state index in [1.165, 1.54) is 6.07 Å². The van der Waals surface area contributed by atoms with Gasteiger partial charge in [-0.15, -0.1) is 0 Å². The number of nitrogens with zero attached hydrogens (tertiary/aromatic N) is 2. The minimum atomic E-state index is -0.172. The van der Waals surface area contributed by atoms with Crippen molar-refractivity contribution in [3.63, 3.8) is 0 Å². The summed E-state index contributed by atoms with van der Waals surface area (Å²) in [5.74, 6) is 0.772. The fraction of sp³-hybridized carbons (Fsp3) is 0.438. The van der Waals surface area contributed by atoms with E-state index in [0.29, 0.717) is 5.56 Å². The van der Waals surface area contributed by atoms with Gasteiger partial charge in [0.25, 0.3) is 0 Å². The highest BCUT2D eigenvalue weighted by Crippen LogP contribution is 2.25. The molecule has 20 heavy (non-hydrogen) atoms. The molecule has 0 saturated heterocycles. The molecule has 2 aromatic rings. The quantitative estimate of drug-likeness (QED) is 0.872. The lowest BCUT2D eigenvalue weighted by Crippen LogP contribution is -2.22. The molecular weight excluding hydrogens is 253 g/mol. The summed E-state index contributed by atoms with van der Waals surface area (Å²) in [6, 6.07) is 5.19. The lowest BCUT2D eigenvalue weighted by Gasteiger charge is -2.20. The van der Waals surface area contributed by atoms with E-state index in [1.54, 1.807) is 12.3 Å². The summed E-state index contributed by atoms with van der Waals surface area (Å²) < 4.78 is 16.3. The number of aromatic nitrogens is 2. The van der Waals surface area contributed by atoms with Crippen molar-refractivity contribution in [1.82, 2.24) is 14.9 Å². The van der Waals surface area contributed by atoms with Crippen LogP contribution in [0.5, 0.6) is 0 Å². The highest BCUT2D eigenvalue weighted by atomic mass is 19.1. The van der Waals surface area contributed by atoms with Gasteiger partial charge in [-0.2, -0.15) is 0 Å². The van der Waals surface area contributed by atoms with Crippen molar-refractivity contribution < 1.29 is 4.39 Å². The number of halogens is 1. The van der Waals surface area contributed by atoms with Crippen LogP contribution in [0.1, 0.15) is 44.6 Å². The molecule has 0 amide bonds. The Hall–Kier alpha value is -1.68. The lowest BCUT2D eigenvalue weighted by atomic mass is 10.0. The molecule has 3 nitrogen and oxygen atoms in total. The maximum absolute atomic E-state index is 14.3. The van der Waals surface area contributed by atoms with E-state index in [1.807, 2.05) is 23.8 Å². The number of imidazole rings is 1. The Kier molecular flexibility index (Phi) is 4.90. The maximum atomic E-state index is 14.3. The first kappa shape index (κ1) is 14.7. The molecule has 0 radical (unpaired) electrons. The molecule has 1 aromatic carbocycles. The number of nitrogens with one attached hydrogen (secondary N) is 1. The van der Waals surface area contributed by atoms with Crippen LogP contribution in [0.15, 0.2) is 30.6 Å². The molecule has 1 atom stereocenters. The molecule has 1 aromatic heterocycles. The number of hydrogen-bond acceptors (Lipinski definition) is 2. The van der Waals surface area contributed by atoms with Crippen LogP contribution in [0.25, 0.3) is 5.69 Å². The number of hydrogen-bond donors (Lipinski definition) is 1. The van der Waals surface area contributed by atoms with Gasteiger partial charge in [0.05, 0.1) is 5.69 Å². The second-order valence-electron chi connectivity index (χ2n) is 4.92. The zero-order chi connectivity index (χ0) is 14.5. The fourth-order valence-electron chi connectivity index (χ4n) is 2.44. The second kappa shape index (κ2) is 6.66. The zero-order valence-corrected chi connectivity index (χ0v) is 12.4. The largest absolute Gasteiger partial charge is 0.310 e. The van der Waals surface area contributed by atoms with Crippen LogP contribution in [0, 0.1) is 5.82 Å². The van der Waals surface area contributed by atoms with E-state index in [2.05, 4.69) is 24.1 Å². The van der Waals surface area contributed by atoms with E-state index >= 15 is 0 Å². The van der Waals surface area contributed by atoms with Crippen LogP contribution >= 0.6 is 0 Å². The molecule has 0 aliphatic carbocycles. The fourth-order valence-corrected chi connectivity index (χ4v) is 2.44. The van der Waals surface area contributed by atoms with Gasteiger partial charge in [0.15, 0.2) is 0 Å². The topological polar surface area (TPSA) is 29.9 Å². The SMILES string of the molecule is CCCNC(C)c1c(F)cccc1-n1ccnc1CC. The van der Waals surface area contributed by atoms with Gasteiger partial charge in [0.1, 0.15) is 11.6 Å². The molecule has 0 fully saturated rings. The highest BCUT2D eigenvalue weighted by Gasteiger charge is 2.17. The number of benzene rings is 1. The molecule has 1 heterocycles. The van der Waals surface area contributed by atoms with Crippen molar-refractivity contribution in [3.8, 4) is 5.69 Å². The molecule has 0 saturated carbocycles. The highest BCUT2D eigenvalue weighted by molar-refractivity contribution is 5.44. The predicted molar refractivity (Wildman–Crippen MR) is 79.6 cm³/mol. The lowest BCUT2D eigenvalue weighted by molar-refractivity contribution is 0.525. The number of rotatable bonds is 6. The normalized spacial score (nSPS) is 12.6. The van der Waals surface area contributed by atoms with Crippen molar-refractivity contribution in [2.75, 3.05) is 6.54 Å². The van der Waals surface area contributed by atoms with E-state index in [9.17, 15) is 4.39 Å². The first-order chi connectivity index (χ1) is 9.69. The van der Waals surface area contributed by atoms with Crippen molar-refractivity contribution in [2.24, 2.45) is 0 Å². The Labute approximate surface area is 119 Å². The molecule has 0 bridgehead atoms. The predicted octanol–water partition coefficient (Wildman–Crippen LogP) is 3.63. The van der Waals surface area contributed by atoms with Crippen molar-refractivity contribution in [3.05, 3.63) is 47.8 Å². The first-order valence-corrected chi connectivity index (χ1v) is 7.23. The average molecular weight is 275 g/mol. The Bertz CT molecular complexity index is 563. The third-order valence-corrected chi connectivity index (χ3v) is 3.46. The van der Waals surface area contributed by atoms with Crippen LogP contribution < -0.4 is 5.32 Å². The third kappa shape index (κ3) is 2.90. The summed E-state index contributed by atoms with van der Waals surface area (Å²) >= 11 is 0. The number of aryl methyl sites for hydroxylation is 1. The summed E-state index contributed by atoms with van der Waals surface area (Å²) in [6.45, 7) is 7.03. The van der Waals surface area contributed by atoms with Crippen LogP contribution in [0.3, 0.4) is 0 Å². The smallest absolute Gasteiger partial charge is 0.130 e. The molecule has 1 N–H and O–H groups in total. The molecule has 0 aliphatic rings. The zero-order valence-electron chi connectivity index (χ0n) is 12.4. The molecule has 1 unspecified atom stereocenters. The van der Waals surface area contributed by atoms with Crippen molar-refractivity contribution >= 4 is 0 Å². The molecule has 108 valence electrons. The Morgan fingerprint density at radius 3 is 2.85 bits per heavy atom. The van der Waals surface area contributed by atoms with Crippen LogP contribution in [-0.2, 0) is 6.42 Å². The first-order valence-electron chi connectivity index (χ1n) is 7.23. The molecule has 0 aliphatic heterocycles. The molecular formula is C16H22FN3. The van der Waals surface area contributed by atoms with Crippen LogP contribution in [0.2, 0.25) is 0 Å². The monoisotopic (exact) mass is 275 g/mol. The van der Waals surface area contributed by atoms with E-state index in [-0.39, 0.29) is 11.9 Å². The van der Waals surface area contributed by atoms with Gasteiger partial charge < -0.3 is 9.88 Å². The van der Waals surface area contributed by atoms with E-state index < -0.39 is 0 Å². The minimum Gasteiger partial charge on any atom is -0.310 e. The van der Waals surface area contributed by atoms with Gasteiger partial charge in [-0.3, -0.25) is 0 Å². The van der Waals surface area contributed by atoms with Gasteiger partial charge in [-0.05, 0) is 32.0 Å². The minimum absolute atomic E-state index is 0.0294. The van der Waals surface area contributed by atoms with Crippen molar-refractivity contribution in [2.45, 2.75) is 39.7 Å². The van der Waals surface area contributed by atoms with Crippen LogP contribution in [-0.4, -0.2) is 16.1 Å².